The van der Waals surface area contributed by atoms with Gasteiger partial charge in [-0.2, -0.15) is 4.98 Å². The number of nitrogens with zero attached hydrogens (tertiary/aromatic N) is 3. The van der Waals surface area contributed by atoms with Crippen LogP contribution in [0.3, 0.4) is 0 Å². The molecule has 204 valence electrons. The molecule has 1 aliphatic heterocycles. The highest BCUT2D eigenvalue weighted by molar-refractivity contribution is 7.46. The van der Waals surface area contributed by atoms with E-state index in [-0.39, 0.29) is 29.5 Å². The summed E-state index contributed by atoms with van der Waals surface area (Å²) in [6, 6.07) is 18.3. The first-order valence-corrected chi connectivity index (χ1v) is 13.9. The van der Waals surface area contributed by atoms with Crippen LogP contribution in [0.4, 0.5) is 17.6 Å². The predicted molar refractivity (Wildman–Crippen MR) is 149 cm³/mol. The summed E-state index contributed by atoms with van der Waals surface area (Å²) in [7, 11) is -4.78. The van der Waals surface area contributed by atoms with Gasteiger partial charge < -0.3 is 30.7 Å². The first kappa shape index (κ1) is 24.9. The fourth-order valence-electron chi connectivity index (χ4n) is 5.52. The number of imidazole rings is 1. The quantitative estimate of drug-likeness (QED) is 0.129. The summed E-state index contributed by atoms with van der Waals surface area (Å²) < 4.78 is 23.2. The lowest BCUT2D eigenvalue weighted by Crippen LogP contribution is -2.26. The molecule has 0 unspecified atom stereocenters. The van der Waals surface area contributed by atoms with E-state index < -0.39 is 38.4 Å². The highest BCUT2D eigenvalue weighted by atomic mass is 31.2. The Bertz CT molecular complexity index is 2020. The number of ether oxygens (including phenoxy) is 1. The second kappa shape index (κ2) is 8.96. The van der Waals surface area contributed by atoms with Crippen LogP contribution >= 0.6 is 7.82 Å². The summed E-state index contributed by atoms with van der Waals surface area (Å²) in [5.41, 5.74) is 6.12. The van der Waals surface area contributed by atoms with Gasteiger partial charge in [0, 0.05) is 17.5 Å². The zero-order valence-corrected chi connectivity index (χ0v) is 21.6. The third kappa shape index (κ3) is 4.07. The average Bonchev–Trinajstić information content (AvgIpc) is 3.46. The van der Waals surface area contributed by atoms with Crippen molar-refractivity contribution in [1.82, 2.24) is 19.5 Å². The molecular formula is C26H23N6O7P. The van der Waals surface area contributed by atoms with Gasteiger partial charge >= 0.3 is 7.82 Å². The molecule has 3 atom stereocenters. The number of anilines is 3. The van der Waals surface area contributed by atoms with Crippen LogP contribution in [-0.2, 0) is 13.8 Å². The lowest BCUT2D eigenvalue weighted by molar-refractivity contribution is -0.0417. The van der Waals surface area contributed by atoms with E-state index in [9.17, 15) is 14.5 Å². The van der Waals surface area contributed by atoms with Crippen molar-refractivity contribution in [2.75, 3.05) is 17.7 Å². The standard InChI is InChI=1S/C26H23N6O7P/c27-25-30-23-22(24(34)31-25)29-26(32(23)19-10-17(33)18(39-19)11-38-40(35,36)37)28-16-9-7-14-5-4-12-2-1-3-13-6-8-15(16)21(14)20(12)13/h1-9,17-19,33H,10-11H2,(H,28,29)(H2,35,36,37)(H3,27,30,31,34)/t17-,18+,19+/m0/s1. The van der Waals surface area contributed by atoms with Crippen molar-refractivity contribution >= 4 is 68.9 Å². The number of phosphoric ester groups is 1. The van der Waals surface area contributed by atoms with Crippen molar-refractivity contribution in [3.63, 3.8) is 0 Å². The molecule has 3 heterocycles. The Morgan fingerprint density at radius 3 is 2.52 bits per heavy atom. The zero-order valence-electron chi connectivity index (χ0n) is 20.7. The van der Waals surface area contributed by atoms with Crippen LogP contribution in [0, 0.1) is 0 Å². The molecule has 7 N–H and O–H groups in total. The van der Waals surface area contributed by atoms with Gasteiger partial charge in [-0.3, -0.25) is 18.9 Å². The second-order valence-corrected chi connectivity index (χ2v) is 11.0. The Hall–Kier alpha value is -4.10. The van der Waals surface area contributed by atoms with Crippen molar-refractivity contribution in [1.29, 1.82) is 0 Å². The summed E-state index contributed by atoms with van der Waals surface area (Å²) in [5.74, 6) is 0.0789. The Morgan fingerprint density at radius 2 is 1.77 bits per heavy atom. The van der Waals surface area contributed by atoms with Crippen molar-refractivity contribution in [2.24, 2.45) is 0 Å². The lowest BCUT2D eigenvalue weighted by atomic mass is 9.93. The molecule has 0 aliphatic carbocycles. The third-order valence-corrected chi connectivity index (χ3v) is 7.73. The minimum Gasteiger partial charge on any atom is -0.390 e. The molecule has 2 aromatic heterocycles. The molecule has 0 saturated carbocycles. The van der Waals surface area contributed by atoms with E-state index in [2.05, 4.69) is 49.1 Å². The fourth-order valence-corrected chi connectivity index (χ4v) is 5.86. The van der Waals surface area contributed by atoms with Gasteiger partial charge in [-0.25, -0.2) is 9.55 Å². The number of aliphatic hydroxyl groups excluding tert-OH is 1. The van der Waals surface area contributed by atoms with Gasteiger partial charge in [0.1, 0.15) is 12.3 Å². The smallest absolute Gasteiger partial charge is 0.390 e. The number of aliphatic hydroxyl groups is 1. The molecule has 0 spiro atoms. The van der Waals surface area contributed by atoms with Crippen LogP contribution in [0.2, 0.25) is 0 Å². The van der Waals surface area contributed by atoms with Gasteiger partial charge in [-0.15, -0.1) is 0 Å². The maximum Gasteiger partial charge on any atom is 0.469 e. The van der Waals surface area contributed by atoms with Gasteiger partial charge in [0.2, 0.25) is 11.9 Å². The average molecular weight is 562 g/mol. The monoisotopic (exact) mass is 562 g/mol. The minimum atomic E-state index is -4.78. The predicted octanol–water partition coefficient (Wildman–Crippen LogP) is 3.10. The number of aromatic amines is 1. The third-order valence-electron chi connectivity index (χ3n) is 7.24. The van der Waals surface area contributed by atoms with Crippen LogP contribution in [0.1, 0.15) is 12.6 Å². The maximum absolute atomic E-state index is 12.7. The number of hydrogen-bond acceptors (Lipinski definition) is 9. The zero-order chi connectivity index (χ0) is 27.8. The fraction of sp³-hybridized carbons (Fsp3) is 0.192. The van der Waals surface area contributed by atoms with E-state index in [1.54, 1.807) is 0 Å². The first-order chi connectivity index (χ1) is 19.2. The Labute approximate surface area is 224 Å². The van der Waals surface area contributed by atoms with Crippen LogP contribution < -0.4 is 16.6 Å². The number of fused-ring (bicyclic) bond motifs is 1. The summed E-state index contributed by atoms with van der Waals surface area (Å²) in [6.07, 6.45) is -3.05. The Morgan fingerprint density at radius 1 is 1.07 bits per heavy atom. The van der Waals surface area contributed by atoms with Gasteiger partial charge in [0.15, 0.2) is 11.2 Å². The molecular weight excluding hydrogens is 539 g/mol. The van der Waals surface area contributed by atoms with Crippen LogP contribution in [0.5, 0.6) is 0 Å². The lowest BCUT2D eigenvalue weighted by Gasteiger charge is -2.19. The number of aromatic nitrogens is 4. The number of nitrogen functional groups attached to an aromatic ring is 1. The Kier molecular flexibility index (Phi) is 5.58. The van der Waals surface area contributed by atoms with E-state index >= 15 is 0 Å². The molecule has 7 rings (SSSR count). The number of H-pyrrole nitrogens is 1. The van der Waals surface area contributed by atoms with Crippen molar-refractivity contribution < 1.29 is 28.7 Å². The normalized spacial score (nSPS) is 19.9. The number of rotatable bonds is 6. The first-order valence-electron chi connectivity index (χ1n) is 12.4. The molecule has 14 heteroatoms. The molecule has 4 aromatic carbocycles. The molecule has 1 aliphatic rings. The highest BCUT2D eigenvalue weighted by Crippen LogP contribution is 2.41. The van der Waals surface area contributed by atoms with Crippen molar-refractivity contribution in [2.45, 2.75) is 24.9 Å². The molecule has 1 saturated heterocycles. The van der Waals surface area contributed by atoms with Gasteiger partial charge in [-0.1, -0.05) is 48.5 Å². The molecule has 0 amide bonds. The summed E-state index contributed by atoms with van der Waals surface area (Å²) in [4.78, 5) is 42.1. The summed E-state index contributed by atoms with van der Waals surface area (Å²) in [5, 5.41) is 20.4. The van der Waals surface area contributed by atoms with Crippen molar-refractivity contribution in [3.8, 4) is 0 Å². The van der Waals surface area contributed by atoms with Gasteiger partial charge in [0.05, 0.1) is 12.7 Å². The number of nitrogens with one attached hydrogen (secondary N) is 2. The van der Waals surface area contributed by atoms with E-state index in [1.165, 1.54) is 4.57 Å². The minimum absolute atomic E-state index is 0.00224. The molecule has 40 heavy (non-hydrogen) atoms. The van der Waals surface area contributed by atoms with Gasteiger partial charge in [0.25, 0.3) is 5.56 Å². The number of benzene rings is 4. The van der Waals surface area contributed by atoms with Gasteiger partial charge in [-0.05, 0) is 33.0 Å². The largest absolute Gasteiger partial charge is 0.469 e. The van der Waals surface area contributed by atoms with Crippen LogP contribution in [0.25, 0.3) is 43.5 Å². The van der Waals surface area contributed by atoms with E-state index in [0.29, 0.717) is 5.69 Å². The van der Waals surface area contributed by atoms with Crippen LogP contribution in [-0.4, -0.2) is 53.2 Å². The van der Waals surface area contributed by atoms with E-state index in [4.69, 9.17) is 20.3 Å². The summed E-state index contributed by atoms with van der Waals surface area (Å²) >= 11 is 0. The van der Waals surface area contributed by atoms with Crippen molar-refractivity contribution in [3.05, 3.63) is 65.0 Å². The topological polar surface area (TPSA) is 198 Å². The molecule has 0 bridgehead atoms. The van der Waals surface area contributed by atoms with Crippen LogP contribution in [0.15, 0.2) is 59.4 Å². The Balaban J connectivity index is 1.35. The molecule has 13 nitrogen and oxygen atoms in total. The van der Waals surface area contributed by atoms with E-state index in [0.717, 1.165) is 32.3 Å². The maximum atomic E-state index is 12.7. The summed E-state index contributed by atoms with van der Waals surface area (Å²) in [6.45, 7) is -0.539. The molecule has 0 radical (unpaired) electrons. The van der Waals surface area contributed by atoms with E-state index in [1.807, 2.05) is 30.3 Å². The number of nitrogens with two attached hydrogens (primary N) is 1. The second-order valence-electron chi connectivity index (χ2n) is 9.74. The molecule has 1 fully saturated rings. The molecule has 6 aromatic rings. The number of phosphoric acid groups is 1. The highest BCUT2D eigenvalue weighted by Gasteiger charge is 2.39. The number of hydrogen-bond donors (Lipinski definition) is 6. The SMILES string of the molecule is Nc1nc2c(nc(Nc3ccc4ccc5cccc6ccc3c4c56)n2[C@H]2C[C@H](O)[C@@H](COP(=O)(O)O)O2)c(=O)[nH]1.